The number of rotatable bonds is 6. The van der Waals surface area contributed by atoms with Crippen LogP contribution in [0.15, 0.2) is 66.9 Å². The third-order valence-electron chi connectivity index (χ3n) is 6.23. The van der Waals surface area contributed by atoms with E-state index < -0.39 is 0 Å². The molecule has 33 heavy (non-hydrogen) atoms. The van der Waals surface area contributed by atoms with Gasteiger partial charge in [0.1, 0.15) is 11.6 Å². The van der Waals surface area contributed by atoms with Crippen molar-refractivity contribution in [3.8, 4) is 0 Å². The lowest BCUT2D eigenvalue weighted by Gasteiger charge is -2.26. The number of aryl methyl sites for hydroxylation is 1. The van der Waals surface area contributed by atoms with Gasteiger partial charge in [-0.3, -0.25) is 9.88 Å². The number of pyridine rings is 3. The minimum absolute atomic E-state index is 0.317. The van der Waals surface area contributed by atoms with Crippen LogP contribution in [-0.2, 0) is 6.54 Å². The summed E-state index contributed by atoms with van der Waals surface area (Å²) in [5, 5.41) is 4.54. The number of para-hydroxylation sites is 1. The zero-order valence-electron chi connectivity index (χ0n) is 19.5. The summed E-state index contributed by atoms with van der Waals surface area (Å²) in [6.45, 7) is 3.93. The smallest absolute Gasteiger partial charge is 0.133 e. The summed E-state index contributed by atoms with van der Waals surface area (Å²) in [6, 6.07) is 21.2. The molecule has 1 saturated heterocycles. The Labute approximate surface area is 195 Å². The monoisotopic (exact) mass is 438 g/mol. The highest BCUT2D eigenvalue weighted by molar-refractivity contribution is 5.81. The number of fused-ring (bicyclic) bond motifs is 1. The van der Waals surface area contributed by atoms with Crippen LogP contribution in [0.3, 0.4) is 0 Å². The lowest BCUT2D eigenvalue weighted by atomic mass is 10.1. The van der Waals surface area contributed by atoms with Gasteiger partial charge in [-0.25, -0.2) is 9.97 Å². The third-order valence-corrected chi connectivity index (χ3v) is 6.23. The minimum Gasteiger partial charge on any atom is -0.362 e. The van der Waals surface area contributed by atoms with E-state index in [-0.39, 0.29) is 0 Å². The van der Waals surface area contributed by atoms with Gasteiger partial charge in [-0.05, 0) is 62.7 Å². The Morgan fingerprint density at radius 2 is 1.91 bits per heavy atom. The highest BCUT2D eigenvalue weighted by Gasteiger charge is 2.28. The number of likely N-dealkylation sites (tertiary alicyclic amines) is 1. The van der Waals surface area contributed by atoms with Crippen LogP contribution in [-0.4, -0.2) is 40.5 Å². The zero-order valence-corrected chi connectivity index (χ0v) is 19.5. The Balaban J connectivity index is 1.36. The number of nitrogens with zero attached hydrogens (tertiary/aromatic N) is 5. The van der Waals surface area contributed by atoms with Gasteiger partial charge in [0, 0.05) is 37.3 Å². The van der Waals surface area contributed by atoms with E-state index in [9.17, 15) is 0 Å². The molecule has 1 atom stereocenters. The fraction of sp³-hybridized carbons (Fsp3) is 0.296. The largest absolute Gasteiger partial charge is 0.362 e. The van der Waals surface area contributed by atoms with Crippen LogP contribution in [0, 0.1) is 6.92 Å². The molecular weight excluding hydrogens is 408 g/mol. The van der Waals surface area contributed by atoms with Crippen LogP contribution in [0.2, 0.25) is 0 Å². The molecule has 4 heterocycles. The molecule has 5 rings (SSSR count). The number of hydrogen-bond donors (Lipinski definition) is 1. The summed E-state index contributed by atoms with van der Waals surface area (Å²) < 4.78 is 0. The molecule has 0 aliphatic carbocycles. The molecule has 168 valence electrons. The minimum atomic E-state index is 0.317. The van der Waals surface area contributed by atoms with Crippen LogP contribution >= 0.6 is 0 Å². The molecule has 6 heteroatoms. The van der Waals surface area contributed by atoms with E-state index in [0.29, 0.717) is 6.04 Å². The molecule has 1 N–H and O–H groups in total. The molecule has 4 aromatic rings. The van der Waals surface area contributed by atoms with Crippen molar-refractivity contribution in [3.63, 3.8) is 0 Å². The first kappa shape index (κ1) is 21.3. The van der Waals surface area contributed by atoms with Crippen LogP contribution in [0.4, 0.5) is 17.3 Å². The molecule has 0 radical (unpaired) electrons. The van der Waals surface area contributed by atoms with Gasteiger partial charge in [0.05, 0.1) is 29.1 Å². The summed E-state index contributed by atoms with van der Waals surface area (Å²) in [5.41, 5.74) is 5.36. The first-order valence-electron chi connectivity index (χ1n) is 11.5. The van der Waals surface area contributed by atoms with E-state index in [1.165, 1.54) is 17.4 Å². The molecule has 0 spiro atoms. The van der Waals surface area contributed by atoms with Crippen molar-refractivity contribution in [2.24, 2.45) is 0 Å². The van der Waals surface area contributed by atoms with Crippen molar-refractivity contribution in [1.82, 2.24) is 19.9 Å². The Hall–Kier alpha value is -3.51. The average molecular weight is 439 g/mol. The van der Waals surface area contributed by atoms with Crippen LogP contribution in [0.25, 0.3) is 10.9 Å². The van der Waals surface area contributed by atoms with Crippen LogP contribution in [0.1, 0.15) is 35.8 Å². The number of aromatic nitrogens is 3. The summed E-state index contributed by atoms with van der Waals surface area (Å²) in [6.07, 6.45) is 4.22. The maximum absolute atomic E-state index is 4.94. The standard InChI is InChI=1S/C27H30N6/c1-19-8-6-12-26(29-19)30-22-13-14-24(28-17-22)25-11-7-15-33(25)18-21-16-20-9-4-5-10-23(20)31-27(21)32(2)3/h4-6,8-10,12-14,16-17,25H,7,11,15,18H2,1-3H3,(H,29,30). The molecule has 0 amide bonds. The normalized spacial score (nSPS) is 16.3. The van der Waals surface area contributed by atoms with Crippen molar-refractivity contribution < 1.29 is 0 Å². The van der Waals surface area contributed by atoms with Crippen LogP contribution in [0.5, 0.6) is 0 Å². The second kappa shape index (κ2) is 9.16. The van der Waals surface area contributed by atoms with E-state index in [4.69, 9.17) is 9.97 Å². The SMILES string of the molecule is Cc1cccc(Nc2ccc(C3CCCN3Cc3cc4ccccc4nc3N(C)C)nc2)n1. The number of benzene rings is 1. The topological polar surface area (TPSA) is 57.2 Å². The Kier molecular flexibility index (Phi) is 5.92. The zero-order chi connectivity index (χ0) is 22.8. The van der Waals surface area contributed by atoms with E-state index >= 15 is 0 Å². The first-order chi connectivity index (χ1) is 16.1. The number of anilines is 3. The molecule has 6 nitrogen and oxygen atoms in total. The van der Waals surface area contributed by atoms with Gasteiger partial charge < -0.3 is 10.2 Å². The quantitative estimate of drug-likeness (QED) is 0.430. The van der Waals surface area contributed by atoms with Crippen molar-refractivity contribution in [1.29, 1.82) is 0 Å². The second-order valence-corrected chi connectivity index (χ2v) is 8.95. The second-order valence-electron chi connectivity index (χ2n) is 8.95. The molecule has 1 aliphatic rings. The lowest BCUT2D eigenvalue weighted by molar-refractivity contribution is 0.244. The summed E-state index contributed by atoms with van der Waals surface area (Å²) in [4.78, 5) is 18.9. The first-order valence-corrected chi connectivity index (χ1v) is 11.5. The van der Waals surface area contributed by atoms with Gasteiger partial charge in [0.25, 0.3) is 0 Å². The predicted octanol–water partition coefficient (Wildman–Crippen LogP) is 5.48. The van der Waals surface area contributed by atoms with Gasteiger partial charge >= 0.3 is 0 Å². The van der Waals surface area contributed by atoms with Crippen molar-refractivity contribution >= 4 is 28.2 Å². The Morgan fingerprint density at radius 3 is 2.70 bits per heavy atom. The fourth-order valence-corrected chi connectivity index (χ4v) is 4.66. The highest BCUT2D eigenvalue weighted by atomic mass is 15.2. The van der Waals surface area contributed by atoms with Gasteiger partial charge in [0.15, 0.2) is 0 Å². The van der Waals surface area contributed by atoms with Crippen molar-refractivity contribution in [2.75, 3.05) is 30.9 Å². The number of nitrogens with one attached hydrogen (secondary N) is 1. The molecule has 0 bridgehead atoms. The molecule has 1 aliphatic heterocycles. The highest BCUT2D eigenvalue weighted by Crippen LogP contribution is 2.34. The summed E-state index contributed by atoms with van der Waals surface area (Å²) in [7, 11) is 4.14. The van der Waals surface area contributed by atoms with Crippen molar-refractivity contribution in [2.45, 2.75) is 32.4 Å². The maximum Gasteiger partial charge on any atom is 0.133 e. The Bertz CT molecular complexity index is 1250. The Morgan fingerprint density at radius 1 is 1.03 bits per heavy atom. The van der Waals surface area contributed by atoms with E-state index in [0.717, 1.165) is 53.7 Å². The van der Waals surface area contributed by atoms with E-state index in [1.54, 1.807) is 0 Å². The molecule has 1 unspecified atom stereocenters. The molecule has 1 fully saturated rings. The summed E-state index contributed by atoms with van der Waals surface area (Å²) >= 11 is 0. The van der Waals surface area contributed by atoms with Gasteiger partial charge in [0.2, 0.25) is 0 Å². The van der Waals surface area contributed by atoms with Crippen LogP contribution < -0.4 is 10.2 Å². The van der Waals surface area contributed by atoms with E-state index in [2.05, 4.69) is 70.6 Å². The number of hydrogen-bond acceptors (Lipinski definition) is 6. The fourth-order valence-electron chi connectivity index (χ4n) is 4.66. The molecule has 0 saturated carbocycles. The van der Waals surface area contributed by atoms with Gasteiger partial charge in [-0.1, -0.05) is 24.3 Å². The lowest BCUT2D eigenvalue weighted by Crippen LogP contribution is -2.25. The molecule has 3 aromatic heterocycles. The van der Waals surface area contributed by atoms with Gasteiger partial charge in [-0.2, -0.15) is 0 Å². The third kappa shape index (κ3) is 4.66. The molecule has 1 aromatic carbocycles. The summed E-state index contributed by atoms with van der Waals surface area (Å²) in [5.74, 6) is 1.88. The van der Waals surface area contributed by atoms with Crippen molar-refractivity contribution in [3.05, 3.63) is 83.8 Å². The average Bonchev–Trinajstić information content (AvgIpc) is 3.27. The van der Waals surface area contributed by atoms with Gasteiger partial charge in [-0.15, -0.1) is 0 Å². The predicted molar refractivity (Wildman–Crippen MR) is 135 cm³/mol. The molecular formula is C27H30N6. The maximum atomic E-state index is 4.94. The van der Waals surface area contributed by atoms with E-state index in [1.807, 2.05) is 37.4 Å².